The SMILES string of the molecule is CCCS(=O)(=O)Nc1ccc(C(F)(F)F)cn1. The third-order valence-electron chi connectivity index (χ3n) is 1.82. The van der Waals surface area contributed by atoms with Crippen LogP contribution in [0.2, 0.25) is 0 Å². The van der Waals surface area contributed by atoms with Gasteiger partial charge in [-0.05, 0) is 18.6 Å². The van der Waals surface area contributed by atoms with E-state index in [1.807, 2.05) is 0 Å². The van der Waals surface area contributed by atoms with Crippen molar-refractivity contribution >= 4 is 15.8 Å². The van der Waals surface area contributed by atoms with Crippen LogP contribution in [0.3, 0.4) is 0 Å². The molecule has 1 heterocycles. The molecule has 0 spiro atoms. The minimum atomic E-state index is -4.48. The molecule has 0 aliphatic carbocycles. The second-order valence-corrected chi connectivity index (χ2v) is 5.19. The number of halogens is 3. The van der Waals surface area contributed by atoms with E-state index >= 15 is 0 Å². The van der Waals surface area contributed by atoms with E-state index in [9.17, 15) is 21.6 Å². The van der Waals surface area contributed by atoms with Gasteiger partial charge in [0.1, 0.15) is 5.82 Å². The normalized spacial score (nSPS) is 12.5. The summed E-state index contributed by atoms with van der Waals surface area (Å²) in [4.78, 5) is 3.40. The average molecular weight is 268 g/mol. The molecule has 0 saturated carbocycles. The van der Waals surface area contributed by atoms with Crippen molar-refractivity contribution in [3.05, 3.63) is 23.9 Å². The molecule has 0 amide bonds. The van der Waals surface area contributed by atoms with E-state index in [1.54, 1.807) is 6.92 Å². The van der Waals surface area contributed by atoms with Crippen LogP contribution < -0.4 is 4.72 Å². The number of pyridine rings is 1. The molecule has 1 N–H and O–H groups in total. The molecule has 0 unspecified atom stereocenters. The molecule has 8 heteroatoms. The van der Waals surface area contributed by atoms with Crippen molar-refractivity contribution in [3.63, 3.8) is 0 Å². The van der Waals surface area contributed by atoms with Gasteiger partial charge in [0.05, 0.1) is 11.3 Å². The number of hydrogen-bond donors (Lipinski definition) is 1. The van der Waals surface area contributed by atoms with Crippen LogP contribution in [-0.2, 0) is 16.2 Å². The molecule has 4 nitrogen and oxygen atoms in total. The van der Waals surface area contributed by atoms with E-state index in [2.05, 4.69) is 9.71 Å². The van der Waals surface area contributed by atoms with Crippen LogP contribution in [0.25, 0.3) is 0 Å². The lowest BCUT2D eigenvalue weighted by Crippen LogP contribution is -2.17. The summed E-state index contributed by atoms with van der Waals surface area (Å²) in [6.45, 7) is 1.68. The molecule has 1 aromatic heterocycles. The van der Waals surface area contributed by atoms with Crippen LogP contribution in [-0.4, -0.2) is 19.2 Å². The Bertz CT molecular complexity index is 468. The van der Waals surface area contributed by atoms with Gasteiger partial charge < -0.3 is 0 Å². The number of hydrogen-bond acceptors (Lipinski definition) is 3. The second-order valence-electron chi connectivity index (χ2n) is 3.35. The Balaban J connectivity index is 2.83. The van der Waals surface area contributed by atoms with Crippen molar-refractivity contribution in [3.8, 4) is 0 Å². The van der Waals surface area contributed by atoms with Crippen LogP contribution in [0.5, 0.6) is 0 Å². The summed E-state index contributed by atoms with van der Waals surface area (Å²) in [5, 5.41) is 0. The molecule has 1 aromatic rings. The highest BCUT2D eigenvalue weighted by Crippen LogP contribution is 2.28. The summed E-state index contributed by atoms with van der Waals surface area (Å²) in [5.74, 6) is -0.221. The maximum Gasteiger partial charge on any atom is 0.417 e. The summed E-state index contributed by atoms with van der Waals surface area (Å²) < 4.78 is 61.3. The molecular weight excluding hydrogens is 257 g/mol. The summed E-state index contributed by atoms with van der Waals surface area (Å²) >= 11 is 0. The first-order valence-corrected chi connectivity index (χ1v) is 6.43. The van der Waals surface area contributed by atoms with Crippen LogP contribution in [0.1, 0.15) is 18.9 Å². The lowest BCUT2D eigenvalue weighted by Gasteiger charge is -2.08. The van der Waals surface area contributed by atoms with Gasteiger partial charge in [0.25, 0.3) is 0 Å². The van der Waals surface area contributed by atoms with Gasteiger partial charge in [-0.15, -0.1) is 0 Å². The lowest BCUT2D eigenvalue weighted by molar-refractivity contribution is -0.137. The molecule has 1 rings (SSSR count). The number of sulfonamides is 1. The van der Waals surface area contributed by atoms with Gasteiger partial charge >= 0.3 is 6.18 Å². The van der Waals surface area contributed by atoms with Crippen molar-refractivity contribution in [2.75, 3.05) is 10.5 Å². The fourth-order valence-corrected chi connectivity index (χ4v) is 2.18. The number of nitrogens with one attached hydrogen (secondary N) is 1. The standard InChI is InChI=1S/C9H11F3N2O2S/c1-2-5-17(15,16)14-8-4-3-7(6-13-8)9(10,11)12/h3-4,6H,2,5H2,1H3,(H,13,14). The van der Waals surface area contributed by atoms with Gasteiger partial charge in [-0.3, -0.25) is 4.72 Å². The van der Waals surface area contributed by atoms with Crippen LogP contribution in [0.4, 0.5) is 19.0 Å². The monoisotopic (exact) mass is 268 g/mol. The van der Waals surface area contributed by atoms with Gasteiger partial charge in [-0.1, -0.05) is 6.92 Å². The highest BCUT2D eigenvalue weighted by atomic mass is 32.2. The van der Waals surface area contributed by atoms with Gasteiger partial charge in [0.15, 0.2) is 0 Å². The van der Waals surface area contributed by atoms with Gasteiger partial charge in [0.2, 0.25) is 10.0 Å². The maximum atomic E-state index is 12.2. The quantitative estimate of drug-likeness (QED) is 0.911. The average Bonchev–Trinajstić information content (AvgIpc) is 2.16. The van der Waals surface area contributed by atoms with Crippen LogP contribution in [0.15, 0.2) is 18.3 Å². The lowest BCUT2D eigenvalue weighted by atomic mass is 10.3. The van der Waals surface area contributed by atoms with Crippen molar-refractivity contribution < 1.29 is 21.6 Å². The molecule has 0 atom stereocenters. The van der Waals surface area contributed by atoms with Crippen molar-refractivity contribution in [1.29, 1.82) is 0 Å². The molecule has 0 aliphatic heterocycles. The fourth-order valence-electron chi connectivity index (χ4n) is 1.10. The molecule has 0 aromatic carbocycles. The first-order valence-electron chi connectivity index (χ1n) is 4.78. The Morgan fingerprint density at radius 1 is 1.35 bits per heavy atom. The molecule has 0 radical (unpaired) electrons. The van der Waals surface area contributed by atoms with Gasteiger partial charge in [-0.2, -0.15) is 13.2 Å². The van der Waals surface area contributed by atoms with Gasteiger partial charge in [-0.25, -0.2) is 13.4 Å². The van der Waals surface area contributed by atoms with E-state index in [4.69, 9.17) is 0 Å². The predicted octanol–water partition coefficient (Wildman–Crippen LogP) is 2.25. The van der Waals surface area contributed by atoms with E-state index in [1.165, 1.54) is 0 Å². The van der Waals surface area contributed by atoms with E-state index in [0.717, 1.165) is 12.1 Å². The maximum absolute atomic E-state index is 12.2. The number of alkyl halides is 3. The third kappa shape index (κ3) is 4.22. The van der Waals surface area contributed by atoms with Crippen molar-refractivity contribution in [2.24, 2.45) is 0 Å². The molecule has 96 valence electrons. The summed E-state index contributed by atoms with van der Waals surface area (Å²) in [6, 6.07) is 1.76. The highest BCUT2D eigenvalue weighted by molar-refractivity contribution is 7.92. The molecule has 0 saturated heterocycles. The Morgan fingerprint density at radius 3 is 2.41 bits per heavy atom. The number of aromatic nitrogens is 1. The van der Waals surface area contributed by atoms with Crippen molar-refractivity contribution in [2.45, 2.75) is 19.5 Å². The number of nitrogens with zero attached hydrogens (tertiary/aromatic N) is 1. The largest absolute Gasteiger partial charge is 0.417 e. The topological polar surface area (TPSA) is 59.1 Å². The first kappa shape index (κ1) is 13.8. The zero-order valence-corrected chi connectivity index (χ0v) is 9.77. The Morgan fingerprint density at radius 2 is 2.00 bits per heavy atom. The van der Waals surface area contributed by atoms with Crippen LogP contribution in [0, 0.1) is 0 Å². The van der Waals surface area contributed by atoms with E-state index in [0.29, 0.717) is 12.6 Å². The predicted molar refractivity (Wildman–Crippen MR) is 56.9 cm³/mol. The zero-order valence-electron chi connectivity index (χ0n) is 8.95. The number of rotatable bonds is 4. The number of anilines is 1. The fraction of sp³-hybridized carbons (Fsp3) is 0.444. The summed E-state index contributed by atoms with van der Waals surface area (Å²) in [7, 11) is -3.53. The Labute approximate surface area is 96.9 Å². The Hall–Kier alpha value is -1.31. The summed E-state index contributed by atoms with van der Waals surface area (Å²) in [5.41, 5.74) is -0.920. The van der Waals surface area contributed by atoms with Crippen molar-refractivity contribution in [1.82, 2.24) is 4.98 Å². The van der Waals surface area contributed by atoms with E-state index in [-0.39, 0.29) is 11.6 Å². The van der Waals surface area contributed by atoms with Gasteiger partial charge in [0, 0.05) is 6.20 Å². The molecular formula is C9H11F3N2O2S. The molecule has 0 bridgehead atoms. The summed E-state index contributed by atoms with van der Waals surface area (Å²) in [6.07, 6.45) is -3.48. The molecule has 0 fully saturated rings. The first-order chi connectivity index (χ1) is 7.74. The highest BCUT2D eigenvalue weighted by Gasteiger charge is 2.30. The zero-order chi connectivity index (χ0) is 13.1. The second kappa shape index (κ2) is 4.91. The van der Waals surface area contributed by atoms with E-state index < -0.39 is 21.8 Å². The molecule has 0 aliphatic rings. The smallest absolute Gasteiger partial charge is 0.267 e. The molecule has 17 heavy (non-hydrogen) atoms. The Kier molecular flexibility index (Phi) is 3.97. The minimum Gasteiger partial charge on any atom is -0.267 e. The van der Waals surface area contributed by atoms with Crippen LogP contribution >= 0.6 is 0 Å². The third-order valence-corrected chi connectivity index (χ3v) is 3.29. The minimum absolute atomic E-state index is 0.101.